The van der Waals surface area contributed by atoms with E-state index in [4.69, 9.17) is 5.73 Å². The van der Waals surface area contributed by atoms with Crippen molar-refractivity contribution < 1.29 is 13.0 Å². The molecule has 0 amide bonds. The topological polar surface area (TPSA) is 99.1 Å². The van der Waals surface area contributed by atoms with Gasteiger partial charge in [0.1, 0.15) is 0 Å². The molecular formula is C10H9N3O3S. The number of rotatable bonds is 1. The summed E-state index contributed by atoms with van der Waals surface area (Å²) in [4.78, 5) is 0.399. The summed E-state index contributed by atoms with van der Waals surface area (Å²) in [5.74, 6) is 0.365. The van der Waals surface area contributed by atoms with E-state index < -0.39 is 9.84 Å². The lowest BCUT2D eigenvalue weighted by Crippen LogP contribution is -1.98. The molecule has 0 radical (unpaired) electrons. The fraction of sp³-hybridized carbons (Fsp3) is 0.200. The van der Waals surface area contributed by atoms with E-state index in [2.05, 4.69) is 14.9 Å². The Hall–Kier alpha value is -1.89. The third kappa shape index (κ3) is 1.50. The Labute approximate surface area is 97.3 Å². The van der Waals surface area contributed by atoms with E-state index in [1.165, 1.54) is 0 Å². The van der Waals surface area contributed by atoms with Crippen molar-refractivity contribution in [3.05, 3.63) is 23.8 Å². The molecule has 0 bridgehead atoms. The number of aromatic nitrogens is 2. The summed E-state index contributed by atoms with van der Waals surface area (Å²) < 4.78 is 27.8. The Kier molecular flexibility index (Phi) is 1.99. The van der Waals surface area contributed by atoms with Gasteiger partial charge < -0.3 is 5.73 Å². The van der Waals surface area contributed by atoms with Gasteiger partial charge in [-0.05, 0) is 34.4 Å². The van der Waals surface area contributed by atoms with Crippen LogP contribution in [0.5, 0.6) is 0 Å². The summed E-state index contributed by atoms with van der Waals surface area (Å²) in [5.41, 5.74) is 7.55. The fourth-order valence-corrected chi connectivity index (χ4v) is 3.52. The van der Waals surface area contributed by atoms with Gasteiger partial charge in [-0.15, -0.1) is 0 Å². The second-order valence-corrected chi connectivity index (χ2v) is 5.97. The molecule has 0 saturated heterocycles. The summed E-state index contributed by atoms with van der Waals surface area (Å²) in [6.45, 7) is 0. The summed E-state index contributed by atoms with van der Waals surface area (Å²) in [7, 11) is -3.09. The fourth-order valence-electron chi connectivity index (χ4n) is 1.98. The zero-order valence-electron chi connectivity index (χ0n) is 8.75. The molecule has 0 fully saturated rings. The summed E-state index contributed by atoms with van der Waals surface area (Å²) >= 11 is 0. The van der Waals surface area contributed by atoms with Crippen LogP contribution in [-0.2, 0) is 16.3 Å². The van der Waals surface area contributed by atoms with Crippen molar-refractivity contribution in [1.82, 2.24) is 10.3 Å². The standard InChI is InChI=1S/C10H9N3O3S/c11-10-9(12-16-13-10)7-1-2-8-6(5-7)3-4-17(8,14)15/h1-2,5H,3-4H2,(H2,11,13). The number of aryl methyl sites for hydroxylation is 1. The minimum absolute atomic E-state index is 0.165. The SMILES string of the molecule is Nc1nonc1-c1ccc2c(c1)CCS2(=O)=O. The van der Waals surface area contributed by atoms with Crippen LogP contribution in [0.3, 0.4) is 0 Å². The van der Waals surface area contributed by atoms with Crippen LogP contribution >= 0.6 is 0 Å². The molecular weight excluding hydrogens is 242 g/mol. The Balaban J connectivity index is 2.16. The molecule has 0 unspecified atom stereocenters. The minimum Gasteiger partial charge on any atom is -0.379 e. The third-order valence-electron chi connectivity index (χ3n) is 2.82. The second kappa shape index (κ2) is 3.30. The molecule has 2 aromatic rings. The predicted molar refractivity (Wildman–Crippen MR) is 59.9 cm³/mol. The first-order valence-electron chi connectivity index (χ1n) is 5.02. The van der Waals surface area contributed by atoms with Crippen molar-refractivity contribution >= 4 is 15.7 Å². The van der Waals surface area contributed by atoms with E-state index >= 15 is 0 Å². The van der Waals surface area contributed by atoms with Crippen molar-refractivity contribution in [2.75, 3.05) is 11.5 Å². The molecule has 2 N–H and O–H groups in total. The zero-order chi connectivity index (χ0) is 12.0. The van der Waals surface area contributed by atoms with Crippen molar-refractivity contribution in [1.29, 1.82) is 0 Å². The van der Waals surface area contributed by atoms with E-state index in [1.807, 2.05) is 0 Å². The maximum absolute atomic E-state index is 11.6. The zero-order valence-corrected chi connectivity index (χ0v) is 9.57. The van der Waals surface area contributed by atoms with Gasteiger partial charge in [-0.1, -0.05) is 6.07 Å². The van der Waals surface area contributed by atoms with Crippen molar-refractivity contribution in [3.63, 3.8) is 0 Å². The summed E-state index contributed by atoms with van der Waals surface area (Å²) in [6, 6.07) is 5.02. The number of sulfone groups is 1. The van der Waals surface area contributed by atoms with Crippen LogP contribution in [0.2, 0.25) is 0 Å². The molecule has 88 valence electrons. The maximum Gasteiger partial charge on any atom is 0.196 e. The van der Waals surface area contributed by atoms with Crippen LogP contribution in [-0.4, -0.2) is 24.5 Å². The Morgan fingerprint density at radius 1 is 1.29 bits per heavy atom. The molecule has 17 heavy (non-hydrogen) atoms. The molecule has 0 aliphatic carbocycles. The first-order valence-corrected chi connectivity index (χ1v) is 6.67. The monoisotopic (exact) mass is 251 g/mol. The predicted octanol–water partition coefficient (Wildman–Crippen LogP) is 0.649. The first-order chi connectivity index (χ1) is 8.08. The number of hydrogen-bond acceptors (Lipinski definition) is 6. The van der Waals surface area contributed by atoms with E-state index in [9.17, 15) is 8.42 Å². The van der Waals surface area contributed by atoms with Gasteiger partial charge in [-0.25, -0.2) is 13.0 Å². The molecule has 7 heteroatoms. The number of nitrogens with two attached hydrogens (primary N) is 1. The van der Waals surface area contributed by atoms with Gasteiger partial charge in [0.25, 0.3) is 0 Å². The van der Waals surface area contributed by atoms with Crippen LogP contribution in [0.25, 0.3) is 11.3 Å². The smallest absolute Gasteiger partial charge is 0.196 e. The van der Waals surface area contributed by atoms with Crippen LogP contribution in [0.1, 0.15) is 5.56 Å². The lowest BCUT2D eigenvalue weighted by Gasteiger charge is -2.01. The maximum atomic E-state index is 11.6. The number of nitrogen functional groups attached to an aromatic ring is 1. The van der Waals surface area contributed by atoms with Gasteiger partial charge >= 0.3 is 0 Å². The average Bonchev–Trinajstić information content (AvgIpc) is 2.83. The van der Waals surface area contributed by atoms with Crippen LogP contribution < -0.4 is 5.73 Å². The molecule has 1 aromatic carbocycles. The molecule has 1 aliphatic rings. The molecule has 6 nitrogen and oxygen atoms in total. The highest BCUT2D eigenvalue weighted by Crippen LogP contribution is 2.31. The third-order valence-corrected chi connectivity index (χ3v) is 4.63. The van der Waals surface area contributed by atoms with Gasteiger partial charge in [0, 0.05) is 5.56 Å². The molecule has 0 atom stereocenters. The number of hydrogen-bond donors (Lipinski definition) is 1. The first kappa shape index (κ1) is 10.3. The number of nitrogens with zero attached hydrogens (tertiary/aromatic N) is 2. The van der Waals surface area contributed by atoms with Gasteiger partial charge in [0.2, 0.25) is 0 Å². The molecule has 0 spiro atoms. The van der Waals surface area contributed by atoms with E-state index in [1.54, 1.807) is 18.2 Å². The van der Waals surface area contributed by atoms with Gasteiger partial charge in [0.05, 0.1) is 10.6 Å². The molecule has 0 saturated carbocycles. The number of fused-ring (bicyclic) bond motifs is 1. The second-order valence-electron chi connectivity index (χ2n) is 3.89. The Bertz CT molecular complexity index is 691. The van der Waals surface area contributed by atoms with Crippen molar-refractivity contribution in [2.45, 2.75) is 11.3 Å². The molecule has 1 aromatic heterocycles. The van der Waals surface area contributed by atoms with Gasteiger partial charge in [0.15, 0.2) is 21.3 Å². The lowest BCUT2D eigenvalue weighted by atomic mass is 10.1. The van der Waals surface area contributed by atoms with Crippen LogP contribution in [0.15, 0.2) is 27.7 Å². The lowest BCUT2D eigenvalue weighted by molar-refractivity contribution is 0.310. The Morgan fingerprint density at radius 3 is 2.82 bits per heavy atom. The van der Waals surface area contributed by atoms with E-state index in [0.29, 0.717) is 17.0 Å². The van der Waals surface area contributed by atoms with E-state index in [0.717, 1.165) is 11.1 Å². The van der Waals surface area contributed by atoms with Crippen molar-refractivity contribution in [2.24, 2.45) is 0 Å². The molecule has 2 heterocycles. The van der Waals surface area contributed by atoms with Gasteiger partial charge in [-0.2, -0.15) is 0 Å². The highest BCUT2D eigenvalue weighted by molar-refractivity contribution is 7.91. The Morgan fingerprint density at radius 2 is 2.12 bits per heavy atom. The molecule has 1 aliphatic heterocycles. The normalized spacial score (nSPS) is 16.9. The number of benzene rings is 1. The summed E-state index contributed by atoms with van der Waals surface area (Å²) in [5, 5.41) is 7.18. The average molecular weight is 251 g/mol. The quantitative estimate of drug-likeness (QED) is 0.798. The van der Waals surface area contributed by atoms with Gasteiger partial charge in [-0.3, -0.25) is 0 Å². The molecule has 3 rings (SSSR count). The largest absolute Gasteiger partial charge is 0.379 e. The highest BCUT2D eigenvalue weighted by Gasteiger charge is 2.26. The van der Waals surface area contributed by atoms with Crippen LogP contribution in [0.4, 0.5) is 5.82 Å². The van der Waals surface area contributed by atoms with Crippen LogP contribution in [0, 0.1) is 0 Å². The number of anilines is 1. The summed E-state index contributed by atoms with van der Waals surface area (Å²) in [6.07, 6.45) is 0.524. The highest BCUT2D eigenvalue weighted by atomic mass is 32.2. The minimum atomic E-state index is -3.09. The van der Waals surface area contributed by atoms with E-state index in [-0.39, 0.29) is 11.6 Å². The van der Waals surface area contributed by atoms with Crippen molar-refractivity contribution in [3.8, 4) is 11.3 Å².